The van der Waals surface area contributed by atoms with Crippen LogP contribution in [0.1, 0.15) is 41.0 Å². The first-order valence-electron chi connectivity index (χ1n) is 10.9. The van der Waals surface area contributed by atoms with Gasteiger partial charge < -0.3 is 15.2 Å². The molecule has 3 aromatic carbocycles. The summed E-state index contributed by atoms with van der Waals surface area (Å²) in [5.41, 5.74) is 5.60. The smallest absolute Gasteiger partial charge is 0.407 e. The number of aryl methyl sites for hydroxylation is 1. The Bertz CT molecular complexity index is 1130. The standard InChI is InChI=1S/C27H25NO4/c1-17-10-12-18(13-11-17)27(25(29)30)14-19(15-27)28-26(31)32-16-24-22-8-4-2-6-20(22)21-7-3-5-9-23(21)24/h2-13,19,24H,14-16H2,1H3,(H,28,31)(H,29,30). The number of rotatable bonds is 5. The minimum Gasteiger partial charge on any atom is -0.481 e. The van der Waals surface area contributed by atoms with Crippen LogP contribution in [0.4, 0.5) is 4.79 Å². The molecule has 0 bridgehead atoms. The molecule has 0 radical (unpaired) electrons. The Kier molecular flexibility index (Phi) is 4.97. The Hall–Kier alpha value is -3.60. The highest BCUT2D eigenvalue weighted by atomic mass is 16.5. The number of amides is 1. The van der Waals surface area contributed by atoms with Crippen LogP contribution in [0.3, 0.4) is 0 Å². The molecule has 2 N–H and O–H groups in total. The predicted molar refractivity (Wildman–Crippen MR) is 122 cm³/mol. The first kappa shape index (κ1) is 20.3. The Morgan fingerprint density at radius 3 is 2.06 bits per heavy atom. The van der Waals surface area contributed by atoms with Gasteiger partial charge in [-0.25, -0.2) is 4.79 Å². The lowest BCUT2D eigenvalue weighted by atomic mass is 9.61. The Balaban J connectivity index is 1.22. The minimum atomic E-state index is -0.949. The van der Waals surface area contributed by atoms with Crippen molar-refractivity contribution in [2.45, 2.75) is 37.1 Å². The van der Waals surface area contributed by atoms with E-state index < -0.39 is 17.5 Å². The van der Waals surface area contributed by atoms with E-state index in [2.05, 4.69) is 29.6 Å². The van der Waals surface area contributed by atoms with Crippen molar-refractivity contribution in [3.05, 3.63) is 95.1 Å². The van der Waals surface area contributed by atoms with Gasteiger partial charge in [-0.05, 0) is 47.6 Å². The molecule has 0 saturated heterocycles. The van der Waals surface area contributed by atoms with Gasteiger partial charge in [-0.1, -0.05) is 78.4 Å². The molecule has 1 fully saturated rings. The number of aliphatic carboxylic acids is 1. The first-order chi connectivity index (χ1) is 15.5. The average Bonchev–Trinajstić information content (AvgIpc) is 3.09. The van der Waals surface area contributed by atoms with Crippen molar-refractivity contribution in [1.82, 2.24) is 5.32 Å². The molecule has 2 aliphatic rings. The summed E-state index contributed by atoms with van der Waals surface area (Å²) < 4.78 is 5.60. The van der Waals surface area contributed by atoms with Gasteiger partial charge in [-0.3, -0.25) is 4.79 Å². The molecule has 0 aliphatic heterocycles. The number of nitrogens with one attached hydrogen (secondary N) is 1. The number of carboxylic acids is 1. The van der Waals surface area contributed by atoms with Gasteiger partial charge in [-0.2, -0.15) is 0 Å². The predicted octanol–water partition coefficient (Wildman–Crippen LogP) is 5.02. The van der Waals surface area contributed by atoms with E-state index in [4.69, 9.17) is 4.74 Å². The molecule has 162 valence electrons. The van der Waals surface area contributed by atoms with Crippen molar-refractivity contribution >= 4 is 12.1 Å². The summed E-state index contributed by atoms with van der Waals surface area (Å²) in [6.45, 7) is 2.22. The van der Waals surface area contributed by atoms with Crippen molar-refractivity contribution < 1.29 is 19.4 Å². The summed E-state index contributed by atoms with van der Waals surface area (Å²) in [5, 5.41) is 12.7. The van der Waals surface area contributed by atoms with E-state index >= 15 is 0 Å². The second-order valence-corrected chi connectivity index (χ2v) is 8.83. The number of carbonyl (C=O) groups excluding carboxylic acids is 1. The molecule has 3 aromatic rings. The molecule has 5 heteroatoms. The van der Waals surface area contributed by atoms with Gasteiger partial charge in [0.25, 0.3) is 0 Å². The van der Waals surface area contributed by atoms with Gasteiger partial charge in [0.1, 0.15) is 6.61 Å². The summed E-state index contributed by atoms with van der Waals surface area (Å²) in [5.74, 6) is -0.854. The SMILES string of the molecule is Cc1ccc(C2(C(=O)O)CC(NC(=O)OCC3c4ccccc4-c4ccccc43)C2)cc1. The quantitative estimate of drug-likeness (QED) is 0.600. The summed E-state index contributed by atoms with van der Waals surface area (Å²) in [4.78, 5) is 24.5. The summed E-state index contributed by atoms with van der Waals surface area (Å²) >= 11 is 0. The average molecular weight is 428 g/mol. The number of ether oxygens (including phenoxy) is 1. The third-order valence-electron chi connectivity index (χ3n) is 6.87. The molecule has 5 rings (SSSR count). The van der Waals surface area contributed by atoms with E-state index in [1.54, 1.807) is 0 Å². The Morgan fingerprint density at radius 2 is 1.50 bits per heavy atom. The van der Waals surface area contributed by atoms with Crippen molar-refractivity contribution in [1.29, 1.82) is 0 Å². The zero-order chi connectivity index (χ0) is 22.3. The van der Waals surface area contributed by atoms with Gasteiger partial charge in [0.2, 0.25) is 0 Å². The van der Waals surface area contributed by atoms with Gasteiger partial charge >= 0.3 is 12.1 Å². The Morgan fingerprint density at radius 1 is 0.938 bits per heavy atom. The summed E-state index contributed by atoms with van der Waals surface area (Å²) in [6.07, 6.45) is 0.213. The molecule has 5 nitrogen and oxygen atoms in total. The summed E-state index contributed by atoms with van der Waals surface area (Å²) in [7, 11) is 0. The molecular formula is C27H25NO4. The summed E-state index contributed by atoms with van der Waals surface area (Å²) in [6, 6.07) is 23.8. The number of alkyl carbamates (subject to hydrolysis) is 1. The Labute approximate surface area is 187 Å². The van der Waals surface area contributed by atoms with Crippen LogP contribution in [0.2, 0.25) is 0 Å². The molecule has 0 atom stereocenters. The van der Waals surface area contributed by atoms with E-state index in [0.29, 0.717) is 12.8 Å². The van der Waals surface area contributed by atoms with Crippen LogP contribution in [0.5, 0.6) is 0 Å². The number of hydrogen-bond acceptors (Lipinski definition) is 3. The van der Waals surface area contributed by atoms with Crippen LogP contribution in [-0.2, 0) is 14.9 Å². The lowest BCUT2D eigenvalue weighted by Gasteiger charge is -2.44. The molecule has 2 aliphatic carbocycles. The third kappa shape index (κ3) is 3.34. The zero-order valence-corrected chi connectivity index (χ0v) is 17.9. The third-order valence-corrected chi connectivity index (χ3v) is 6.87. The largest absolute Gasteiger partial charge is 0.481 e. The molecule has 1 saturated carbocycles. The zero-order valence-electron chi connectivity index (χ0n) is 17.9. The van der Waals surface area contributed by atoms with Gasteiger partial charge in [-0.15, -0.1) is 0 Å². The number of carboxylic acid groups (broad SMARTS) is 1. The first-order valence-corrected chi connectivity index (χ1v) is 10.9. The van der Waals surface area contributed by atoms with Crippen molar-refractivity contribution in [2.75, 3.05) is 6.61 Å². The number of benzene rings is 3. The topological polar surface area (TPSA) is 75.6 Å². The second kappa shape index (κ2) is 7.83. The van der Waals surface area contributed by atoms with Crippen molar-refractivity contribution in [3.8, 4) is 11.1 Å². The number of carbonyl (C=O) groups is 2. The highest BCUT2D eigenvalue weighted by Gasteiger charge is 2.52. The maximum Gasteiger partial charge on any atom is 0.407 e. The fourth-order valence-corrected chi connectivity index (χ4v) is 5.10. The normalized spacial score (nSPS) is 21.2. The monoisotopic (exact) mass is 427 g/mol. The van der Waals surface area contributed by atoms with Crippen molar-refractivity contribution in [3.63, 3.8) is 0 Å². The van der Waals surface area contributed by atoms with Crippen LogP contribution >= 0.6 is 0 Å². The van der Waals surface area contributed by atoms with Crippen LogP contribution < -0.4 is 5.32 Å². The molecule has 32 heavy (non-hydrogen) atoms. The van der Waals surface area contributed by atoms with E-state index in [1.165, 1.54) is 11.1 Å². The van der Waals surface area contributed by atoms with Gasteiger partial charge in [0, 0.05) is 12.0 Å². The molecule has 1 amide bonds. The van der Waals surface area contributed by atoms with E-state index in [9.17, 15) is 14.7 Å². The maximum atomic E-state index is 12.5. The van der Waals surface area contributed by atoms with Crippen LogP contribution in [0, 0.1) is 6.92 Å². The second-order valence-electron chi connectivity index (χ2n) is 8.83. The van der Waals surface area contributed by atoms with E-state index in [-0.39, 0.29) is 18.6 Å². The molecule has 0 spiro atoms. The number of fused-ring (bicyclic) bond motifs is 3. The number of hydrogen-bond donors (Lipinski definition) is 2. The van der Waals surface area contributed by atoms with Gasteiger partial charge in [0.15, 0.2) is 0 Å². The molecular weight excluding hydrogens is 402 g/mol. The van der Waals surface area contributed by atoms with Gasteiger partial charge in [0.05, 0.1) is 5.41 Å². The van der Waals surface area contributed by atoms with Crippen LogP contribution in [-0.4, -0.2) is 29.8 Å². The fourth-order valence-electron chi connectivity index (χ4n) is 5.10. The lowest BCUT2D eigenvalue weighted by molar-refractivity contribution is -0.148. The van der Waals surface area contributed by atoms with E-state index in [1.807, 2.05) is 55.5 Å². The van der Waals surface area contributed by atoms with Crippen molar-refractivity contribution in [2.24, 2.45) is 0 Å². The molecule has 0 aromatic heterocycles. The lowest BCUT2D eigenvalue weighted by Crippen LogP contribution is -2.57. The molecule has 0 heterocycles. The minimum absolute atomic E-state index is 0.000194. The fraction of sp³-hybridized carbons (Fsp3) is 0.259. The highest BCUT2D eigenvalue weighted by molar-refractivity contribution is 5.84. The van der Waals surface area contributed by atoms with E-state index in [0.717, 1.165) is 22.3 Å². The van der Waals surface area contributed by atoms with Crippen LogP contribution in [0.15, 0.2) is 72.8 Å². The van der Waals surface area contributed by atoms with Crippen LogP contribution in [0.25, 0.3) is 11.1 Å². The highest BCUT2D eigenvalue weighted by Crippen LogP contribution is 2.45. The maximum absolute atomic E-state index is 12.5. The molecule has 0 unspecified atom stereocenters.